The number of rotatable bonds is 4. The standard InChI is InChI=1S/C22H24Cl2F2N2O/c1-22(2,3)10-17-18(21(29)28-16-9-5-8-15(24)20(16)26)13(11-27-17)12-6-4-7-14(23)19(12)25/h4-9,13,17-18,27H,10-11H2,1-3H3,(H,28,29). The molecule has 29 heavy (non-hydrogen) atoms. The Morgan fingerprint density at radius 3 is 2.38 bits per heavy atom. The zero-order valence-corrected chi connectivity index (χ0v) is 18.0. The highest BCUT2D eigenvalue weighted by Gasteiger charge is 2.44. The Kier molecular flexibility index (Phi) is 6.51. The molecule has 1 saturated heterocycles. The van der Waals surface area contributed by atoms with Crippen molar-refractivity contribution in [2.45, 2.75) is 39.2 Å². The van der Waals surface area contributed by atoms with Crippen molar-refractivity contribution in [1.82, 2.24) is 5.32 Å². The molecular weight excluding hydrogens is 417 g/mol. The number of amides is 1. The lowest BCUT2D eigenvalue weighted by molar-refractivity contribution is -0.120. The van der Waals surface area contributed by atoms with Gasteiger partial charge in [-0.2, -0.15) is 0 Å². The number of carbonyl (C=O) groups is 1. The summed E-state index contributed by atoms with van der Waals surface area (Å²) in [5.41, 5.74) is 0.335. The number of nitrogens with one attached hydrogen (secondary N) is 2. The van der Waals surface area contributed by atoms with E-state index in [4.69, 9.17) is 23.2 Å². The summed E-state index contributed by atoms with van der Waals surface area (Å²) in [6.45, 7) is 6.66. The molecule has 0 radical (unpaired) electrons. The van der Waals surface area contributed by atoms with Crippen LogP contribution in [0.1, 0.15) is 38.7 Å². The minimum Gasteiger partial charge on any atom is -0.323 e. The number of carbonyl (C=O) groups excluding carboxylic acids is 1. The number of halogens is 4. The first-order valence-corrected chi connectivity index (χ1v) is 10.3. The lowest BCUT2D eigenvalue weighted by Crippen LogP contribution is -2.38. The monoisotopic (exact) mass is 440 g/mol. The number of benzene rings is 2. The molecule has 3 atom stereocenters. The van der Waals surface area contributed by atoms with Crippen molar-refractivity contribution < 1.29 is 13.6 Å². The van der Waals surface area contributed by atoms with E-state index in [1.807, 2.05) is 0 Å². The predicted octanol–water partition coefficient (Wildman–Crippen LogP) is 6.02. The van der Waals surface area contributed by atoms with E-state index in [0.717, 1.165) is 0 Å². The first-order chi connectivity index (χ1) is 13.6. The molecule has 3 unspecified atom stereocenters. The third-order valence-electron chi connectivity index (χ3n) is 5.19. The molecule has 1 aliphatic rings. The maximum absolute atomic E-state index is 14.7. The summed E-state index contributed by atoms with van der Waals surface area (Å²) >= 11 is 11.8. The largest absolute Gasteiger partial charge is 0.323 e. The number of hydrogen-bond donors (Lipinski definition) is 2. The first-order valence-electron chi connectivity index (χ1n) is 9.50. The van der Waals surface area contributed by atoms with Crippen LogP contribution in [0, 0.1) is 23.0 Å². The molecule has 1 aliphatic heterocycles. The van der Waals surface area contributed by atoms with Crippen molar-refractivity contribution in [3.8, 4) is 0 Å². The van der Waals surface area contributed by atoms with E-state index in [9.17, 15) is 13.6 Å². The minimum absolute atomic E-state index is 0.00854. The molecule has 3 nitrogen and oxygen atoms in total. The summed E-state index contributed by atoms with van der Waals surface area (Å²) in [6.07, 6.45) is 0.696. The smallest absolute Gasteiger partial charge is 0.229 e. The van der Waals surface area contributed by atoms with Crippen LogP contribution in [0.4, 0.5) is 14.5 Å². The van der Waals surface area contributed by atoms with E-state index in [0.29, 0.717) is 18.5 Å². The highest BCUT2D eigenvalue weighted by molar-refractivity contribution is 6.31. The summed E-state index contributed by atoms with van der Waals surface area (Å²) < 4.78 is 29.0. The van der Waals surface area contributed by atoms with Crippen molar-refractivity contribution in [3.63, 3.8) is 0 Å². The van der Waals surface area contributed by atoms with Crippen LogP contribution >= 0.6 is 23.2 Å². The van der Waals surface area contributed by atoms with Crippen molar-refractivity contribution in [2.24, 2.45) is 11.3 Å². The molecule has 0 aromatic heterocycles. The van der Waals surface area contributed by atoms with Gasteiger partial charge in [-0.15, -0.1) is 0 Å². The van der Waals surface area contributed by atoms with E-state index < -0.39 is 23.5 Å². The molecular formula is C22H24Cl2F2N2O. The molecule has 1 heterocycles. The average molecular weight is 441 g/mol. The van der Waals surface area contributed by atoms with Gasteiger partial charge in [0.15, 0.2) is 5.82 Å². The molecule has 0 bridgehead atoms. The van der Waals surface area contributed by atoms with Gasteiger partial charge >= 0.3 is 0 Å². The topological polar surface area (TPSA) is 41.1 Å². The van der Waals surface area contributed by atoms with E-state index >= 15 is 0 Å². The number of anilines is 1. The fourth-order valence-electron chi connectivity index (χ4n) is 3.96. The van der Waals surface area contributed by atoms with E-state index in [-0.39, 0.29) is 33.1 Å². The van der Waals surface area contributed by atoms with Crippen LogP contribution in [-0.4, -0.2) is 18.5 Å². The maximum atomic E-state index is 14.7. The van der Waals surface area contributed by atoms with Gasteiger partial charge in [-0.1, -0.05) is 62.2 Å². The Hall–Kier alpha value is -1.69. The Balaban J connectivity index is 1.96. The molecule has 2 aromatic rings. The van der Waals surface area contributed by atoms with Gasteiger partial charge in [0.1, 0.15) is 5.82 Å². The Morgan fingerprint density at radius 1 is 1.10 bits per heavy atom. The average Bonchev–Trinajstić information content (AvgIpc) is 3.03. The highest BCUT2D eigenvalue weighted by Crippen LogP contribution is 2.39. The second-order valence-corrected chi connectivity index (χ2v) is 9.46. The fourth-order valence-corrected chi connectivity index (χ4v) is 4.32. The van der Waals surface area contributed by atoms with Crippen LogP contribution in [-0.2, 0) is 4.79 Å². The van der Waals surface area contributed by atoms with Gasteiger partial charge in [0.2, 0.25) is 5.91 Å². The molecule has 1 amide bonds. The summed E-state index contributed by atoms with van der Waals surface area (Å²) in [5, 5.41) is 5.95. The molecule has 2 N–H and O–H groups in total. The van der Waals surface area contributed by atoms with Crippen molar-refractivity contribution in [1.29, 1.82) is 0 Å². The zero-order chi connectivity index (χ0) is 21.3. The maximum Gasteiger partial charge on any atom is 0.229 e. The van der Waals surface area contributed by atoms with Crippen molar-refractivity contribution in [2.75, 3.05) is 11.9 Å². The van der Waals surface area contributed by atoms with Crippen LogP contribution < -0.4 is 10.6 Å². The van der Waals surface area contributed by atoms with Crippen LogP contribution in [0.15, 0.2) is 36.4 Å². The third-order valence-corrected chi connectivity index (χ3v) is 5.78. The van der Waals surface area contributed by atoms with E-state index in [2.05, 4.69) is 31.4 Å². The van der Waals surface area contributed by atoms with Crippen LogP contribution in [0.5, 0.6) is 0 Å². The lowest BCUT2D eigenvalue weighted by Gasteiger charge is -2.29. The van der Waals surface area contributed by atoms with E-state index in [1.54, 1.807) is 18.2 Å². The van der Waals surface area contributed by atoms with Crippen LogP contribution in [0.2, 0.25) is 10.0 Å². The quantitative estimate of drug-likeness (QED) is 0.610. The zero-order valence-electron chi connectivity index (χ0n) is 16.5. The molecule has 3 rings (SSSR count). The molecule has 2 aromatic carbocycles. The van der Waals surface area contributed by atoms with Crippen LogP contribution in [0.25, 0.3) is 0 Å². The molecule has 0 saturated carbocycles. The first kappa shape index (κ1) is 22.0. The van der Waals surface area contributed by atoms with E-state index in [1.165, 1.54) is 18.2 Å². The molecule has 7 heteroatoms. The minimum atomic E-state index is -0.689. The summed E-state index contributed by atoms with van der Waals surface area (Å²) in [4.78, 5) is 13.2. The summed E-state index contributed by atoms with van der Waals surface area (Å²) in [6, 6.07) is 9.03. The Morgan fingerprint density at radius 2 is 1.72 bits per heavy atom. The van der Waals surface area contributed by atoms with Gasteiger partial charge in [0, 0.05) is 18.5 Å². The predicted molar refractivity (Wildman–Crippen MR) is 114 cm³/mol. The van der Waals surface area contributed by atoms with Crippen molar-refractivity contribution >= 4 is 34.8 Å². The van der Waals surface area contributed by atoms with Gasteiger partial charge in [0.25, 0.3) is 0 Å². The SMILES string of the molecule is CC(C)(C)CC1NCC(c2cccc(Cl)c2F)C1C(=O)Nc1cccc(Cl)c1F. The van der Waals surface area contributed by atoms with Gasteiger partial charge in [-0.05, 0) is 35.6 Å². The molecule has 1 fully saturated rings. The second kappa shape index (κ2) is 8.58. The fraction of sp³-hybridized carbons (Fsp3) is 0.409. The normalized spacial score (nSPS) is 22.0. The van der Waals surface area contributed by atoms with Gasteiger partial charge in [-0.3, -0.25) is 4.79 Å². The molecule has 156 valence electrons. The van der Waals surface area contributed by atoms with Gasteiger partial charge in [-0.25, -0.2) is 8.78 Å². The van der Waals surface area contributed by atoms with Crippen LogP contribution in [0.3, 0.4) is 0 Å². The summed E-state index contributed by atoms with van der Waals surface area (Å²) in [7, 11) is 0. The van der Waals surface area contributed by atoms with Gasteiger partial charge < -0.3 is 10.6 Å². The van der Waals surface area contributed by atoms with Gasteiger partial charge in [0.05, 0.1) is 21.7 Å². The third kappa shape index (κ3) is 4.90. The van der Waals surface area contributed by atoms with Crippen molar-refractivity contribution in [3.05, 3.63) is 63.6 Å². The molecule has 0 aliphatic carbocycles. The summed E-state index contributed by atoms with van der Waals surface area (Å²) in [5.74, 6) is -2.62. The highest BCUT2D eigenvalue weighted by atomic mass is 35.5. The Bertz CT molecular complexity index is 914. The lowest BCUT2D eigenvalue weighted by atomic mass is 9.78. The second-order valence-electron chi connectivity index (χ2n) is 8.65. The Labute approximate surface area is 179 Å². The molecule has 0 spiro atoms. The number of hydrogen-bond acceptors (Lipinski definition) is 2.